The molecule has 4 nitrogen and oxygen atoms in total. The third-order valence-corrected chi connectivity index (χ3v) is 2.02. The number of aromatic nitrogens is 1. The number of nitrogens with two attached hydrogens (primary N) is 1. The number of nitrogen functional groups attached to an aromatic ring is 1. The van der Waals surface area contributed by atoms with E-state index in [1.165, 1.54) is 12.1 Å². The quantitative estimate of drug-likeness (QED) is 0.546. The van der Waals surface area contributed by atoms with E-state index in [1.807, 2.05) is 0 Å². The van der Waals surface area contributed by atoms with Crippen LogP contribution >= 0.6 is 0 Å². The first-order chi connectivity index (χ1) is 7.78. The Morgan fingerprint density at radius 3 is 2.69 bits per heavy atom. The molecule has 16 heavy (non-hydrogen) atoms. The van der Waals surface area contributed by atoms with Crippen LogP contribution in [0.4, 0.5) is 21.6 Å². The zero-order chi connectivity index (χ0) is 11.4. The molecule has 2 aromatic rings. The fourth-order valence-electron chi connectivity index (χ4n) is 1.32. The van der Waals surface area contributed by atoms with Crippen molar-refractivity contribution >= 4 is 17.2 Å². The molecule has 0 atom stereocenters. The highest BCUT2D eigenvalue weighted by atomic mass is 19.1. The topological polar surface area (TPSA) is 63.0 Å². The van der Waals surface area contributed by atoms with Crippen LogP contribution in [-0.4, -0.2) is 4.98 Å². The lowest BCUT2D eigenvalue weighted by Gasteiger charge is -2.07. The van der Waals surface area contributed by atoms with Crippen molar-refractivity contribution in [2.45, 2.75) is 0 Å². The summed E-state index contributed by atoms with van der Waals surface area (Å²) in [5.41, 5.74) is 3.90. The molecule has 5 heteroatoms. The molecule has 2 rings (SSSR count). The standard InChI is InChI=1S/C11H11FN4/c12-8-2-1-3-9(6-8)15-10-4-5-14-11(7-10)16-13/h1-7H,13H2,(H2,14,15,16). The summed E-state index contributed by atoms with van der Waals surface area (Å²) in [6.07, 6.45) is 1.61. The summed E-state index contributed by atoms with van der Waals surface area (Å²) in [6.45, 7) is 0. The molecule has 0 aliphatic carbocycles. The van der Waals surface area contributed by atoms with Crippen LogP contribution in [0, 0.1) is 5.82 Å². The highest BCUT2D eigenvalue weighted by molar-refractivity contribution is 5.62. The van der Waals surface area contributed by atoms with Gasteiger partial charge >= 0.3 is 0 Å². The minimum absolute atomic E-state index is 0.281. The van der Waals surface area contributed by atoms with Gasteiger partial charge < -0.3 is 10.7 Å². The van der Waals surface area contributed by atoms with Crippen molar-refractivity contribution in [2.75, 3.05) is 10.7 Å². The predicted molar refractivity (Wildman–Crippen MR) is 61.7 cm³/mol. The van der Waals surface area contributed by atoms with Gasteiger partial charge in [0, 0.05) is 23.6 Å². The van der Waals surface area contributed by atoms with Gasteiger partial charge in [-0.05, 0) is 24.3 Å². The normalized spacial score (nSPS) is 9.88. The Morgan fingerprint density at radius 2 is 1.94 bits per heavy atom. The predicted octanol–water partition coefficient (Wildman–Crippen LogP) is 2.25. The number of pyridine rings is 1. The molecule has 0 bridgehead atoms. The number of rotatable bonds is 3. The second-order valence-electron chi connectivity index (χ2n) is 3.21. The average Bonchev–Trinajstić information content (AvgIpc) is 2.29. The van der Waals surface area contributed by atoms with Gasteiger partial charge in [-0.3, -0.25) is 0 Å². The van der Waals surface area contributed by atoms with E-state index in [1.54, 1.807) is 30.5 Å². The van der Waals surface area contributed by atoms with Crippen molar-refractivity contribution in [1.82, 2.24) is 4.98 Å². The molecule has 0 saturated carbocycles. The minimum Gasteiger partial charge on any atom is -0.355 e. The second-order valence-corrected chi connectivity index (χ2v) is 3.21. The number of hydrogen-bond donors (Lipinski definition) is 3. The summed E-state index contributed by atoms with van der Waals surface area (Å²) in [5, 5.41) is 3.04. The number of hydrogen-bond acceptors (Lipinski definition) is 4. The third kappa shape index (κ3) is 2.46. The first-order valence-corrected chi connectivity index (χ1v) is 4.73. The third-order valence-electron chi connectivity index (χ3n) is 2.02. The number of nitrogens with zero attached hydrogens (tertiary/aromatic N) is 1. The summed E-state index contributed by atoms with van der Waals surface area (Å²) in [4.78, 5) is 3.97. The monoisotopic (exact) mass is 218 g/mol. The molecule has 1 heterocycles. The van der Waals surface area contributed by atoms with Gasteiger partial charge in [0.2, 0.25) is 0 Å². The van der Waals surface area contributed by atoms with Crippen LogP contribution in [0.3, 0.4) is 0 Å². The second kappa shape index (κ2) is 4.59. The SMILES string of the molecule is NNc1cc(Nc2cccc(F)c2)ccn1. The molecule has 0 amide bonds. The van der Waals surface area contributed by atoms with Crippen LogP contribution in [0.25, 0.3) is 0 Å². The summed E-state index contributed by atoms with van der Waals surface area (Å²) >= 11 is 0. The smallest absolute Gasteiger partial charge is 0.141 e. The summed E-state index contributed by atoms with van der Waals surface area (Å²) in [6, 6.07) is 9.72. The highest BCUT2D eigenvalue weighted by Gasteiger charge is 1.97. The van der Waals surface area contributed by atoms with Crippen molar-refractivity contribution in [2.24, 2.45) is 5.84 Å². The molecule has 0 fully saturated rings. The van der Waals surface area contributed by atoms with Gasteiger partial charge in [-0.15, -0.1) is 0 Å². The first-order valence-electron chi connectivity index (χ1n) is 4.73. The molecule has 0 aliphatic rings. The lowest BCUT2D eigenvalue weighted by molar-refractivity contribution is 0.628. The van der Waals surface area contributed by atoms with E-state index in [9.17, 15) is 4.39 Å². The van der Waals surface area contributed by atoms with Crippen molar-refractivity contribution in [3.05, 3.63) is 48.4 Å². The van der Waals surface area contributed by atoms with Crippen LogP contribution in [0.15, 0.2) is 42.6 Å². The first kappa shape index (κ1) is 10.4. The largest absolute Gasteiger partial charge is 0.355 e. The summed E-state index contributed by atoms with van der Waals surface area (Å²) in [5.74, 6) is 5.50. The summed E-state index contributed by atoms with van der Waals surface area (Å²) < 4.78 is 12.9. The van der Waals surface area contributed by atoms with Crippen LogP contribution in [0.2, 0.25) is 0 Å². The van der Waals surface area contributed by atoms with Gasteiger partial charge in [0.05, 0.1) is 0 Å². The Hall–Kier alpha value is -2.14. The van der Waals surface area contributed by atoms with Gasteiger partial charge in [-0.1, -0.05) is 6.07 Å². The Kier molecular flexibility index (Phi) is 2.98. The lowest BCUT2D eigenvalue weighted by atomic mass is 10.3. The zero-order valence-corrected chi connectivity index (χ0v) is 8.44. The number of nitrogens with one attached hydrogen (secondary N) is 2. The fraction of sp³-hybridized carbons (Fsp3) is 0. The molecule has 0 aliphatic heterocycles. The highest BCUT2D eigenvalue weighted by Crippen LogP contribution is 2.18. The van der Waals surface area contributed by atoms with Gasteiger partial charge in [-0.25, -0.2) is 15.2 Å². The van der Waals surface area contributed by atoms with E-state index in [-0.39, 0.29) is 5.82 Å². The van der Waals surface area contributed by atoms with E-state index < -0.39 is 0 Å². The molecule has 0 radical (unpaired) electrons. The van der Waals surface area contributed by atoms with Gasteiger partial charge in [0.15, 0.2) is 0 Å². The van der Waals surface area contributed by atoms with E-state index in [0.717, 1.165) is 5.69 Å². The van der Waals surface area contributed by atoms with E-state index in [4.69, 9.17) is 5.84 Å². The minimum atomic E-state index is -0.281. The van der Waals surface area contributed by atoms with Crippen molar-refractivity contribution in [3.63, 3.8) is 0 Å². The lowest BCUT2D eigenvalue weighted by Crippen LogP contribution is -2.08. The van der Waals surface area contributed by atoms with Crippen LogP contribution in [0.1, 0.15) is 0 Å². The van der Waals surface area contributed by atoms with E-state index in [2.05, 4.69) is 15.7 Å². The van der Waals surface area contributed by atoms with Crippen molar-refractivity contribution in [1.29, 1.82) is 0 Å². The Morgan fingerprint density at radius 1 is 1.12 bits per heavy atom. The molecule has 1 aromatic heterocycles. The fourth-order valence-corrected chi connectivity index (χ4v) is 1.32. The van der Waals surface area contributed by atoms with E-state index >= 15 is 0 Å². The summed E-state index contributed by atoms with van der Waals surface area (Å²) in [7, 11) is 0. The number of hydrazine groups is 1. The Balaban J connectivity index is 2.20. The van der Waals surface area contributed by atoms with Gasteiger partial charge in [-0.2, -0.15) is 0 Å². The number of halogens is 1. The molecular formula is C11H11FN4. The van der Waals surface area contributed by atoms with Gasteiger partial charge in [0.25, 0.3) is 0 Å². The maximum atomic E-state index is 12.9. The molecule has 1 aromatic carbocycles. The molecule has 0 unspecified atom stereocenters. The molecular weight excluding hydrogens is 207 g/mol. The Bertz CT molecular complexity index is 487. The zero-order valence-electron chi connectivity index (χ0n) is 8.44. The average molecular weight is 218 g/mol. The molecule has 0 spiro atoms. The van der Waals surface area contributed by atoms with E-state index in [0.29, 0.717) is 11.5 Å². The maximum absolute atomic E-state index is 12.9. The Labute approximate surface area is 92.3 Å². The van der Waals surface area contributed by atoms with Gasteiger partial charge in [0.1, 0.15) is 11.6 Å². The van der Waals surface area contributed by atoms with Crippen molar-refractivity contribution < 1.29 is 4.39 Å². The maximum Gasteiger partial charge on any atom is 0.141 e. The molecule has 82 valence electrons. The van der Waals surface area contributed by atoms with Crippen LogP contribution in [0.5, 0.6) is 0 Å². The van der Waals surface area contributed by atoms with Crippen molar-refractivity contribution in [3.8, 4) is 0 Å². The van der Waals surface area contributed by atoms with Crippen LogP contribution in [-0.2, 0) is 0 Å². The number of anilines is 3. The molecule has 4 N–H and O–H groups in total. The number of benzene rings is 1. The molecule has 0 saturated heterocycles. The van der Waals surface area contributed by atoms with Crippen LogP contribution < -0.4 is 16.6 Å².